The zero-order valence-electron chi connectivity index (χ0n) is 8.45. The van der Waals surface area contributed by atoms with Gasteiger partial charge >= 0.3 is 0 Å². The molecule has 0 bridgehead atoms. The molecule has 0 aliphatic carbocycles. The molecule has 84 valence electrons. The average Bonchev–Trinajstić information content (AvgIpc) is 2.77. The summed E-state index contributed by atoms with van der Waals surface area (Å²) in [5.74, 6) is 0.144. The molecule has 0 unspecified atom stereocenters. The fraction of sp³-hybridized carbons (Fsp3) is 0. The van der Waals surface area contributed by atoms with Crippen molar-refractivity contribution in [1.29, 1.82) is 0 Å². The topological polar surface area (TPSA) is 76.2 Å². The zero-order chi connectivity index (χ0) is 11.8. The van der Waals surface area contributed by atoms with E-state index in [1.807, 2.05) is 6.07 Å². The van der Waals surface area contributed by atoms with Gasteiger partial charge in [0.2, 0.25) is 0 Å². The molecule has 17 heavy (non-hydrogen) atoms. The molecule has 3 heterocycles. The number of nitrogens with zero attached hydrogens (tertiary/aromatic N) is 3. The quantitative estimate of drug-likeness (QED) is 0.657. The molecule has 3 aromatic rings. The molecule has 0 saturated heterocycles. The third-order valence-electron chi connectivity index (χ3n) is 2.28. The molecule has 0 aromatic carbocycles. The van der Waals surface area contributed by atoms with E-state index in [4.69, 9.17) is 16.6 Å². The summed E-state index contributed by atoms with van der Waals surface area (Å²) in [4.78, 5) is 16.4. The van der Waals surface area contributed by atoms with Crippen molar-refractivity contribution in [3.8, 4) is 11.5 Å². The van der Waals surface area contributed by atoms with E-state index >= 15 is 0 Å². The summed E-state index contributed by atoms with van der Waals surface area (Å²) in [5, 5.41) is 6.27. The number of hydrogen-bond acceptors (Lipinski definition) is 5. The number of hydrogen-bond donors (Lipinski definition) is 1. The van der Waals surface area contributed by atoms with Crippen molar-refractivity contribution in [3.05, 3.63) is 45.8 Å². The van der Waals surface area contributed by atoms with Gasteiger partial charge in [-0.15, -0.1) is 5.10 Å². The smallest absolute Gasteiger partial charge is 0.284 e. The van der Waals surface area contributed by atoms with Crippen LogP contribution in [0.1, 0.15) is 0 Å². The van der Waals surface area contributed by atoms with E-state index in [9.17, 15) is 4.79 Å². The van der Waals surface area contributed by atoms with Gasteiger partial charge in [-0.25, -0.2) is 10.1 Å². The van der Waals surface area contributed by atoms with Crippen LogP contribution in [0.2, 0.25) is 0 Å². The molecule has 7 heteroatoms. The fourth-order valence-electron chi connectivity index (χ4n) is 1.52. The number of nitrogens with one attached hydrogen (secondary N) is 1. The molecule has 3 aromatic heterocycles. The number of aromatic amines is 1. The van der Waals surface area contributed by atoms with Gasteiger partial charge in [0.25, 0.3) is 16.3 Å². The average molecular weight is 246 g/mol. The Morgan fingerprint density at radius 2 is 2.29 bits per heavy atom. The second-order valence-corrected chi connectivity index (χ2v) is 3.69. The van der Waals surface area contributed by atoms with Gasteiger partial charge < -0.3 is 4.42 Å². The predicted octanol–water partition coefficient (Wildman–Crippen LogP) is 1.41. The lowest BCUT2D eigenvalue weighted by atomic mass is 10.3. The van der Waals surface area contributed by atoms with Crippen molar-refractivity contribution in [2.24, 2.45) is 0 Å². The van der Waals surface area contributed by atoms with Gasteiger partial charge in [-0.05, 0) is 24.4 Å². The first-order valence-corrected chi connectivity index (χ1v) is 5.19. The number of H-pyrrole nitrogens is 1. The standard InChI is InChI=1S/C10H6N4O2S/c15-9-6(8-12-13-10(17)16-8)5-11-7-3-1-2-4-14(7)9/h1-5H,(H,13,17). The number of fused-ring (bicyclic) bond motifs is 1. The SMILES string of the molecule is O=c1c(-c2n[nH]c(=S)o2)cnc2ccccn12. The molecule has 0 spiro atoms. The van der Waals surface area contributed by atoms with Gasteiger partial charge in [0.15, 0.2) is 0 Å². The van der Waals surface area contributed by atoms with Crippen molar-refractivity contribution >= 4 is 17.9 Å². The molecular formula is C10H6N4O2S. The minimum atomic E-state index is -0.249. The molecule has 0 saturated carbocycles. The lowest BCUT2D eigenvalue weighted by Gasteiger charge is -1.99. The Morgan fingerprint density at radius 3 is 3.06 bits per heavy atom. The molecule has 0 aliphatic rings. The Balaban J connectivity index is 2.36. The van der Waals surface area contributed by atoms with Crippen LogP contribution in [0, 0.1) is 4.84 Å². The Kier molecular flexibility index (Phi) is 2.12. The van der Waals surface area contributed by atoms with E-state index in [0.717, 1.165) is 0 Å². The van der Waals surface area contributed by atoms with Crippen LogP contribution >= 0.6 is 12.2 Å². The first-order chi connectivity index (χ1) is 8.25. The van der Waals surface area contributed by atoms with Crippen molar-refractivity contribution in [3.63, 3.8) is 0 Å². The van der Waals surface area contributed by atoms with E-state index in [2.05, 4.69) is 15.2 Å². The summed E-state index contributed by atoms with van der Waals surface area (Å²) >= 11 is 4.76. The van der Waals surface area contributed by atoms with Gasteiger partial charge in [-0.2, -0.15) is 0 Å². The highest BCUT2D eigenvalue weighted by atomic mass is 32.1. The van der Waals surface area contributed by atoms with Crippen molar-refractivity contribution in [2.75, 3.05) is 0 Å². The van der Waals surface area contributed by atoms with E-state index in [0.29, 0.717) is 5.65 Å². The highest BCUT2D eigenvalue weighted by molar-refractivity contribution is 7.71. The Morgan fingerprint density at radius 1 is 1.41 bits per heavy atom. The zero-order valence-corrected chi connectivity index (χ0v) is 9.27. The third-order valence-corrected chi connectivity index (χ3v) is 2.46. The van der Waals surface area contributed by atoms with E-state index in [1.165, 1.54) is 10.6 Å². The minimum Gasteiger partial charge on any atom is -0.409 e. The number of aromatic nitrogens is 4. The molecular weight excluding hydrogens is 240 g/mol. The van der Waals surface area contributed by atoms with E-state index in [-0.39, 0.29) is 21.9 Å². The summed E-state index contributed by atoms with van der Waals surface area (Å²) in [6.45, 7) is 0. The summed E-state index contributed by atoms with van der Waals surface area (Å²) in [5.41, 5.74) is 0.581. The molecule has 0 fully saturated rings. The Bertz CT molecular complexity index is 801. The molecule has 3 rings (SSSR count). The van der Waals surface area contributed by atoms with Crippen LogP contribution in [-0.2, 0) is 0 Å². The molecule has 0 radical (unpaired) electrons. The van der Waals surface area contributed by atoms with Gasteiger partial charge in [0.1, 0.15) is 11.2 Å². The van der Waals surface area contributed by atoms with Crippen LogP contribution in [0.5, 0.6) is 0 Å². The van der Waals surface area contributed by atoms with Crippen LogP contribution in [0.25, 0.3) is 17.1 Å². The number of rotatable bonds is 1. The van der Waals surface area contributed by atoms with E-state index in [1.54, 1.807) is 18.3 Å². The maximum Gasteiger partial charge on any atom is 0.284 e. The Labute approximate surface area is 99.6 Å². The summed E-state index contributed by atoms with van der Waals surface area (Å²) in [7, 11) is 0. The van der Waals surface area contributed by atoms with E-state index < -0.39 is 0 Å². The monoisotopic (exact) mass is 246 g/mol. The molecule has 0 aliphatic heterocycles. The Hall–Kier alpha value is -2.28. The highest BCUT2D eigenvalue weighted by Gasteiger charge is 2.11. The van der Waals surface area contributed by atoms with Crippen molar-refractivity contribution in [1.82, 2.24) is 19.6 Å². The fourth-order valence-corrected chi connectivity index (χ4v) is 1.64. The maximum absolute atomic E-state index is 12.1. The van der Waals surface area contributed by atoms with Gasteiger partial charge in [-0.1, -0.05) is 6.07 Å². The summed E-state index contributed by atoms with van der Waals surface area (Å²) in [6.07, 6.45) is 3.06. The van der Waals surface area contributed by atoms with Crippen LogP contribution < -0.4 is 5.56 Å². The highest BCUT2D eigenvalue weighted by Crippen LogP contribution is 2.11. The first-order valence-electron chi connectivity index (χ1n) is 4.78. The largest absolute Gasteiger partial charge is 0.409 e. The maximum atomic E-state index is 12.1. The second kappa shape index (κ2) is 3.63. The molecule has 1 N–H and O–H groups in total. The summed E-state index contributed by atoms with van der Waals surface area (Å²) < 4.78 is 6.51. The molecule has 6 nitrogen and oxygen atoms in total. The second-order valence-electron chi connectivity index (χ2n) is 3.32. The molecule has 0 amide bonds. The lowest BCUT2D eigenvalue weighted by Crippen LogP contribution is -2.16. The van der Waals surface area contributed by atoms with Crippen LogP contribution in [-0.4, -0.2) is 19.6 Å². The first kappa shape index (κ1) is 9.91. The van der Waals surface area contributed by atoms with Gasteiger partial charge in [0, 0.05) is 12.4 Å². The number of pyridine rings is 1. The van der Waals surface area contributed by atoms with Gasteiger partial charge in [-0.3, -0.25) is 9.20 Å². The summed E-state index contributed by atoms with van der Waals surface area (Å²) in [6, 6.07) is 5.30. The minimum absolute atomic E-state index is 0.123. The normalized spacial score (nSPS) is 10.8. The molecule has 0 atom stereocenters. The van der Waals surface area contributed by atoms with Crippen LogP contribution in [0.3, 0.4) is 0 Å². The van der Waals surface area contributed by atoms with Crippen LogP contribution in [0.15, 0.2) is 39.8 Å². The van der Waals surface area contributed by atoms with Gasteiger partial charge in [0.05, 0.1) is 0 Å². The third kappa shape index (κ3) is 1.56. The van der Waals surface area contributed by atoms with Crippen molar-refractivity contribution < 1.29 is 4.42 Å². The van der Waals surface area contributed by atoms with Crippen molar-refractivity contribution in [2.45, 2.75) is 0 Å². The van der Waals surface area contributed by atoms with Crippen LogP contribution in [0.4, 0.5) is 0 Å². The lowest BCUT2D eigenvalue weighted by molar-refractivity contribution is 0.551. The predicted molar refractivity (Wildman–Crippen MR) is 62.1 cm³/mol.